The summed E-state index contributed by atoms with van der Waals surface area (Å²) in [5.41, 5.74) is 0.585. The number of nitrogens with one attached hydrogen (secondary N) is 1. The van der Waals surface area contributed by atoms with E-state index < -0.39 is 0 Å². The Morgan fingerprint density at radius 3 is 2.59 bits per heavy atom. The predicted molar refractivity (Wildman–Crippen MR) is 69.7 cm³/mol. The van der Waals surface area contributed by atoms with Crippen LogP contribution >= 0.6 is 11.3 Å². The van der Waals surface area contributed by atoms with Gasteiger partial charge in [0.15, 0.2) is 0 Å². The Morgan fingerprint density at radius 2 is 1.94 bits per heavy atom. The topological polar surface area (TPSA) is 49.4 Å². The second-order valence-corrected chi connectivity index (χ2v) is 5.04. The molecule has 17 heavy (non-hydrogen) atoms. The quantitative estimate of drug-likeness (QED) is 0.783. The van der Waals surface area contributed by atoms with Crippen molar-refractivity contribution in [3.05, 3.63) is 38.0 Å². The third-order valence-electron chi connectivity index (χ3n) is 3.09. The predicted octanol–water partition coefficient (Wildman–Crippen LogP) is 0.421. The number of nitrogens with zero attached hydrogens (tertiary/aromatic N) is 1. The Hall–Kier alpha value is -1.46. The van der Waals surface area contributed by atoms with Crippen LogP contribution in [0.4, 0.5) is 5.69 Å². The molecule has 1 saturated heterocycles. The van der Waals surface area contributed by atoms with E-state index in [4.69, 9.17) is 0 Å². The van der Waals surface area contributed by atoms with Crippen LogP contribution in [0.15, 0.2) is 27.1 Å². The summed E-state index contributed by atoms with van der Waals surface area (Å²) in [5, 5.41) is 5.16. The Labute approximate surface area is 102 Å². The standard InChI is InChI=1S/C12H12N2O2S/c15-11-9(8-2-1-7-17-8)10(12(11)16)14-5-3-13-4-6-14/h1-2,7,13H,3-6H2. The summed E-state index contributed by atoms with van der Waals surface area (Å²) < 4.78 is 0. The third kappa shape index (κ3) is 1.62. The monoisotopic (exact) mass is 248 g/mol. The molecule has 88 valence electrons. The van der Waals surface area contributed by atoms with Crippen LogP contribution in [0, 0.1) is 0 Å². The van der Waals surface area contributed by atoms with Crippen LogP contribution in [0.2, 0.25) is 0 Å². The highest BCUT2D eigenvalue weighted by atomic mass is 32.1. The average Bonchev–Trinajstić information content (AvgIpc) is 2.88. The maximum absolute atomic E-state index is 11.7. The zero-order valence-corrected chi connectivity index (χ0v) is 10.0. The molecule has 1 aromatic heterocycles. The van der Waals surface area contributed by atoms with Gasteiger partial charge in [-0.05, 0) is 11.4 Å². The number of hydrogen-bond acceptors (Lipinski definition) is 5. The van der Waals surface area contributed by atoms with E-state index in [0.29, 0.717) is 11.3 Å². The molecule has 0 atom stereocenters. The van der Waals surface area contributed by atoms with Crippen LogP contribution in [0.5, 0.6) is 0 Å². The molecule has 2 aromatic rings. The minimum Gasteiger partial charge on any atom is -0.365 e. The molecule has 0 radical (unpaired) electrons. The first-order chi connectivity index (χ1) is 8.29. The van der Waals surface area contributed by atoms with Crippen molar-refractivity contribution in [1.82, 2.24) is 5.32 Å². The Balaban J connectivity index is 2.03. The van der Waals surface area contributed by atoms with Gasteiger partial charge in [-0.1, -0.05) is 6.07 Å². The first-order valence-corrected chi connectivity index (χ1v) is 6.50. The van der Waals surface area contributed by atoms with Gasteiger partial charge in [-0.15, -0.1) is 11.3 Å². The molecule has 1 aliphatic heterocycles. The Bertz CT molecular complexity index is 590. The molecule has 4 nitrogen and oxygen atoms in total. The molecule has 1 aromatic carbocycles. The van der Waals surface area contributed by atoms with Crippen LogP contribution < -0.4 is 21.1 Å². The Kier molecular flexibility index (Phi) is 2.57. The number of rotatable bonds is 2. The summed E-state index contributed by atoms with van der Waals surface area (Å²) >= 11 is 1.51. The van der Waals surface area contributed by atoms with Crippen molar-refractivity contribution < 1.29 is 0 Å². The fourth-order valence-corrected chi connectivity index (χ4v) is 2.99. The van der Waals surface area contributed by atoms with Gasteiger partial charge in [0.25, 0.3) is 0 Å². The molecule has 5 heteroatoms. The van der Waals surface area contributed by atoms with E-state index in [1.807, 2.05) is 22.4 Å². The van der Waals surface area contributed by atoms with E-state index in [-0.39, 0.29) is 10.9 Å². The smallest absolute Gasteiger partial charge is 0.250 e. The molecule has 0 saturated carbocycles. The molecule has 3 rings (SSSR count). The SMILES string of the molecule is O=c1c(-c2cccs2)c(N2CCNCC2)c1=O. The highest BCUT2D eigenvalue weighted by Crippen LogP contribution is 2.30. The number of hydrogen-bond donors (Lipinski definition) is 1. The van der Waals surface area contributed by atoms with Gasteiger partial charge in [0.05, 0.1) is 5.56 Å². The molecule has 0 amide bonds. The molecule has 0 spiro atoms. The largest absolute Gasteiger partial charge is 0.365 e. The fourth-order valence-electron chi connectivity index (χ4n) is 2.22. The lowest BCUT2D eigenvalue weighted by molar-refractivity contribution is 0.587. The van der Waals surface area contributed by atoms with Gasteiger partial charge in [-0.3, -0.25) is 9.59 Å². The molecule has 2 heterocycles. The van der Waals surface area contributed by atoms with Crippen molar-refractivity contribution >= 4 is 17.0 Å². The molecular weight excluding hydrogens is 236 g/mol. The molecular formula is C12H12N2O2S. The van der Waals surface area contributed by atoms with Gasteiger partial charge in [0, 0.05) is 31.1 Å². The van der Waals surface area contributed by atoms with Crippen LogP contribution in [0.3, 0.4) is 0 Å². The lowest BCUT2D eigenvalue weighted by Gasteiger charge is -2.31. The van der Waals surface area contributed by atoms with Crippen molar-refractivity contribution in [2.24, 2.45) is 0 Å². The summed E-state index contributed by atoms with van der Waals surface area (Å²) in [7, 11) is 0. The molecule has 1 aliphatic rings. The summed E-state index contributed by atoms with van der Waals surface area (Å²) in [6.07, 6.45) is 0. The van der Waals surface area contributed by atoms with E-state index in [1.165, 1.54) is 11.3 Å². The summed E-state index contributed by atoms with van der Waals surface area (Å²) in [4.78, 5) is 26.3. The second-order valence-electron chi connectivity index (χ2n) is 4.10. The van der Waals surface area contributed by atoms with Crippen molar-refractivity contribution in [3.8, 4) is 10.4 Å². The van der Waals surface area contributed by atoms with Gasteiger partial charge < -0.3 is 10.2 Å². The number of anilines is 1. The molecule has 0 unspecified atom stereocenters. The maximum atomic E-state index is 11.7. The summed E-state index contributed by atoms with van der Waals surface area (Å²) in [6, 6.07) is 3.80. The number of piperazine rings is 1. The van der Waals surface area contributed by atoms with Gasteiger partial charge >= 0.3 is 0 Å². The average molecular weight is 248 g/mol. The second kappa shape index (κ2) is 4.09. The highest BCUT2D eigenvalue weighted by Gasteiger charge is 2.27. The van der Waals surface area contributed by atoms with E-state index in [0.717, 1.165) is 31.1 Å². The summed E-state index contributed by atoms with van der Waals surface area (Å²) in [6.45, 7) is 3.32. The Morgan fingerprint density at radius 1 is 1.18 bits per heavy atom. The zero-order chi connectivity index (χ0) is 11.8. The third-order valence-corrected chi connectivity index (χ3v) is 3.97. The molecule has 0 aliphatic carbocycles. The summed E-state index contributed by atoms with van der Waals surface area (Å²) in [5.74, 6) is 0. The highest BCUT2D eigenvalue weighted by molar-refractivity contribution is 7.13. The van der Waals surface area contributed by atoms with Gasteiger partial charge in [-0.25, -0.2) is 0 Å². The van der Waals surface area contributed by atoms with Crippen molar-refractivity contribution in [1.29, 1.82) is 0 Å². The maximum Gasteiger partial charge on any atom is 0.250 e. The van der Waals surface area contributed by atoms with Crippen molar-refractivity contribution in [3.63, 3.8) is 0 Å². The minimum atomic E-state index is -0.332. The van der Waals surface area contributed by atoms with Crippen LogP contribution in [0.25, 0.3) is 10.4 Å². The van der Waals surface area contributed by atoms with Crippen LogP contribution in [-0.4, -0.2) is 26.2 Å². The van der Waals surface area contributed by atoms with E-state index in [9.17, 15) is 9.59 Å². The van der Waals surface area contributed by atoms with E-state index in [1.54, 1.807) is 0 Å². The van der Waals surface area contributed by atoms with Crippen molar-refractivity contribution in [2.75, 3.05) is 31.1 Å². The molecule has 1 fully saturated rings. The zero-order valence-electron chi connectivity index (χ0n) is 9.23. The fraction of sp³-hybridized carbons (Fsp3) is 0.333. The molecule has 0 bridgehead atoms. The van der Waals surface area contributed by atoms with Gasteiger partial charge in [-0.2, -0.15) is 0 Å². The van der Waals surface area contributed by atoms with E-state index in [2.05, 4.69) is 5.32 Å². The first kappa shape index (κ1) is 10.7. The van der Waals surface area contributed by atoms with Gasteiger partial charge in [0.1, 0.15) is 5.69 Å². The first-order valence-electron chi connectivity index (χ1n) is 5.62. The van der Waals surface area contributed by atoms with E-state index >= 15 is 0 Å². The van der Waals surface area contributed by atoms with Crippen LogP contribution in [0.1, 0.15) is 0 Å². The van der Waals surface area contributed by atoms with Crippen molar-refractivity contribution in [2.45, 2.75) is 0 Å². The lowest BCUT2D eigenvalue weighted by Crippen LogP contribution is -2.49. The lowest BCUT2D eigenvalue weighted by atomic mass is 10.0. The van der Waals surface area contributed by atoms with Gasteiger partial charge in [0.2, 0.25) is 10.9 Å². The normalized spacial score (nSPS) is 16.6. The number of thiophene rings is 1. The van der Waals surface area contributed by atoms with Crippen LogP contribution in [-0.2, 0) is 0 Å². The molecule has 1 N–H and O–H groups in total. The minimum absolute atomic E-state index is 0.324.